The molecule has 0 amide bonds. The number of benzene rings is 1. The van der Waals surface area contributed by atoms with Crippen molar-refractivity contribution in [2.75, 3.05) is 7.05 Å². The normalized spacial score (nSPS) is 12.6. The van der Waals surface area contributed by atoms with E-state index in [1.165, 1.54) is 6.20 Å². The van der Waals surface area contributed by atoms with Crippen LogP contribution >= 0.6 is 0 Å². The summed E-state index contributed by atoms with van der Waals surface area (Å²) in [6.45, 7) is 3.35. The van der Waals surface area contributed by atoms with E-state index in [4.69, 9.17) is 5.73 Å². The first-order valence-corrected chi connectivity index (χ1v) is 4.23. The van der Waals surface area contributed by atoms with Gasteiger partial charge in [0.15, 0.2) is 0 Å². The molecule has 1 rings (SSSR count). The largest absolute Gasteiger partial charge is 0.396 e. The lowest BCUT2D eigenvalue weighted by atomic mass is 10.1. The molecule has 14 heavy (non-hydrogen) atoms. The maximum absolute atomic E-state index is 5.77. The van der Waals surface area contributed by atoms with Gasteiger partial charge in [-0.05, 0) is 6.72 Å². The third-order valence-electron chi connectivity index (χ3n) is 1.77. The molecule has 0 aliphatic rings. The van der Waals surface area contributed by atoms with Gasteiger partial charge in [0, 0.05) is 12.6 Å². The molecule has 1 aromatic carbocycles. The van der Waals surface area contributed by atoms with Gasteiger partial charge < -0.3 is 5.73 Å². The summed E-state index contributed by atoms with van der Waals surface area (Å²) >= 11 is 0. The Labute approximate surface area is 83.7 Å². The molecular weight excluding hydrogens is 174 g/mol. The summed E-state index contributed by atoms with van der Waals surface area (Å²) in [6.07, 6.45) is 1.50. The zero-order valence-electron chi connectivity index (χ0n) is 8.14. The Morgan fingerprint density at radius 1 is 1.36 bits per heavy atom. The van der Waals surface area contributed by atoms with Gasteiger partial charge in [-0.3, -0.25) is 9.98 Å². The van der Waals surface area contributed by atoms with E-state index in [0.717, 1.165) is 11.3 Å². The van der Waals surface area contributed by atoms with E-state index in [1.807, 2.05) is 30.3 Å². The maximum Gasteiger partial charge on any atom is 0.0888 e. The zero-order valence-corrected chi connectivity index (χ0v) is 8.14. The predicted molar refractivity (Wildman–Crippen MR) is 60.7 cm³/mol. The number of allylic oxidation sites excluding steroid dienone is 1. The Morgan fingerprint density at radius 3 is 2.50 bits per heavy atom. The molecule has 0 fully saturated rings. The summed E-state index contributed by atoms with van der Waals surface area (Å²) in [6, 6.07) is 9.73. The van der Waals surface area contributed by atoms with Crippen LogP contribution in [0.4, 0.5) is 0 Å². The van der Waals surface area contributed by atoms with E-state index < -0.39 is 0 Å². The second kappa shape index (κ2) is 4.97. The highest BCUT2D eigenvalue weighted by Gasteiger charge is 2.03. The van der Waals surface area contributed by atoms with E-state index in [0.29, 0.717) is 5.70 Å². The van der Waals surface area contributed by atoms with Crippen LogP contribution in [0.15, 0.2) is 52.2 Å². The fraction of sp³-hybridized carbons (Fsp3) is 0.0909. The van der Waals surface area contributed by atoms with Crippen LogP contribution in [0.3, 0.4) is 0 Å². The van der Waals surface area contributed by atoms with Gasteiger partial charge in [0.2, 0.25) is 0 Å². The first-order chi connectivity index (χ1) is 6.79. The van der Waals surface area contributed by atoms with Gasteiger partial charge in [0.1, 0.15) is 0 Å². The third kappa shape index (κ3) is 2.29. The van der Waals surface area contributed by atoms with Crippen LogP contribution in [0, 0.1) is 0 Å². The number of hydrogen-bond acceptors (Lipinski definition) is 3. The van der Waals surface area contributed by atoms with Crippen molar-refractivity contribution in [3.8, 4) is 0 Å². The molecule has 0 heterocycles. The summed E-state index contributed by atoms with van der Waals surface area (Å²) in [5.74, 6) is 0. The molecule has 0 atom stereocenters. The number of rotatable bonds is 3. The summed E-state index contributed by atoms with van der Waals surface area (Å²) in [7, 11) is 1.70. The highest BCUT2D eigenvalue weighted by atomic mass is 14.8. The summed E-state index contributed by atoms with van der Waals surface area (Å²) in [4.78, 5) is 7.72. The molecular formula is C11H13N3. The summed E-state index contributed by atoms with van der Waals surface area (Å²) in [5.41, 5.74) is 8.00. The molecule has 72 valence electrons. The van der Waals surface area contributed by atoms with Gasteiger partial charge in [0.25, 0.3) is 0 Å². The lowest BCUT2D eigenvalue weighted by molar-refractivity contribution is 1.34. The minimum Gasteiger partial charge on any atom is -0.396 e. The molecule has 0 spiro atoms. The molecule has 1 aromatic rings. The van der Waals surface area contributed by atoms with E-state index >= 15 is 0 Å². The number of nitrogens with zero attached hydrogens (tertiary/aromatic N) is 2. The second-order valence-electron chi connectivity index (χ2n) is 2.71. The molecule has 0 radical (unpaired) electrons. The maximum atomic E-state index is 5.77. The molecule has 3 nitrogen and oxygen atoms in total. The standard InChI is InChI=1S/C11H13N3/c1-13-8-10(12)11(14-2)9-6-4-3-5-7-9/h3-8H,1,12H2,2H3/b10-8+,14-11?. The molecule has 0 bridgehead atoms. The van der Waals surface area contributed by atoms with Crippen LogP contribution < -0.4 is 5.73 Å². The fourth-order valence-corrected chi connectivity index (χ4v) is 1.18. The van der Waals surface area contributed by atoms with Crippen molar-refractivity contribution >= 4 is 12.4 Å². The smallest absolute Gasteiger partial charge is 0.0888 e. The number of nitrogens with two attached hydrogens (primary N) is 1. The second-order valence-corrected chi connectivity index (χ2v) is 2.71. The third-order valence-corrected chi connectivity index (χ3v) is 1.77. The van der Waals surface area contributed by atoms with Crippen LogP contribution in [0.5, 0.6) is 0 Å². The molecule has 0 saturated heterocycles. The van der Waals surface area contributed by atoms with Gasteiger partial charge >= 0.3 is 0 Å². The minimum absolute atomic E-state index is 0.522. The highest BCUT2D eigenvalue weighted by Crippen LogP contribution is 2.05. The van der Waals surface area contributed by atoms with Crippen molar-refractivity contribution in [3.63, 3.8) is 0 Å². The SMILES string of the molecule is C=N/C=C(/N)C(=NC)c1ccccc1. The van der Waals surface area contributed by atoms with Crippen molar-refractivity contribution in [1.29, 1.82) is 0 Å². The Kier molecular flexibility index (Phi) is 3.61. The van der Waals surface area contributed by atoms with E-state index in [2.05, 4.69) is 16.7 Å². The Balaban J connectivity index is 3.07. The lowest BCUT2D eigenvalue weighted by Gasteiger charge is -2.04. The van der Waals surface area contributed by atoms with E-state index in [1.54, 1.807) is 7.05 Å². The van der Waals surface area contributed by atoms with Crippen molar-refractivity contribution < 1.29 is 0 Å². The average molecular weight is 187 g/mol. The predicted octanol–water partition coefficient (Wildman–Crippen LogP) is 1.61. The van der Waals surface area contributed by atoms with E-state index in [-0.39, 0.29) is 0 Å². The minimum atomic E-state index is 0.522. The first-order valence-electron chi connectivity index (χ1n) is 4.23. The number of aliphatic imine (C=N–C) groups is 2. The van der Waals surface area contributed by atoms with Crippen LogP contribution in [-0.2, 0) is 0 Å². The Morgan fingerprint density at radius 2 is 2.00 bits per heavy atom. The van der Waals surface area contributed by atoms with Crippen LogP contribution in [0.1, 0.15) is 5.56 Å². The monoisotopic (exact) mass is 187 g/mol. The highest BCUT2D eigenvalue weighted by molar-refractivity contribution is 6.11. The molecule has 3 heteroatoms. The van der Waals surface area contributed by atoms with Crippen LogP contribution in [-0.4, -0.2) is 19.5 Å². The molecule has 0 aliphatic carbocycles. The van der Waals surface area contributed by atoms with Gasteiger partial charge in [-0.15, -0.1) is 0 Å². The van der Waals surface area contributed by atoms with E-state index in [9.17, 15) is 0 Å². The topological polar surface area (TPSA) is 50.7 Å². The van der Waals surface area contributed by atoms with Gasteiger partial charge in [-0.25, -0.2) is 0 Å². The molecule has 0 saturated carbocycles. The Bertz CT molecular complexity index is 363. The van der Waals surface area contributed by atoms with Gasteiger partial charge in [0.05, 0.1) is 17.6 Å². The fourth-order valence-electron chi connectivity index (χ4n) is 1.18. The molecule has 0 aliphatic heterocycles. The Hall–Kier alpha value is -1.90. The lowest BCUT2D eigenvalue weighted by Crippen LogP contribution is -2.12. The molecule has 0 aromatic heterocycles. The summed E-state index contributed by atoms with van der Waals surface area (Å²) in [5, 5.41) is 0. The number of hydrogen-bond donors (Lipinski definition) is 1. The summed E-state index contributed by atoms with van der Waals surface area (Å²) < 4.78 is 0. The van der Waals surface area contributed by atoms with Gasteiger partial charge in [-0.2, -0.15) is 0 Å². The van der Waals surface area contributed by atoms with Crippen molar-refractivity contribution in [2.45, 2.75) is 0 Å². The van der Waals surface area contributed by atoms with Crippen LogP contribution in [0.2, 0.25) is 0 Å². The molecule has 2 N–H and O–H groups in total. The molecule has 0 unspecified atom stereocenters. The zero-order chi connectivity index (χ0) is 10.4. The van der Waals surface area contributed by atoms with Crippen molar-refractivity contribution in [1.82, 2.24) is 0 Å². The van der Waals surface area contributed by atoms with Crippen molar-refractivity contribution in [2.24, 2.45) is 15.7 Å². The van der Waals surface area contributed by atoms with Crippen LogP contribution in [0.25, 0.3) is 0 Å². The van der Waals surface area contributed by atoms with Crippen molar-refractivity contribution in [3.05, 3.63) is 47.8 Å². The quantitative estimate of drug-likeness (QED) is 0.718. The average Bonchev–Trinajstić information content (AvgIpc) is 2.21. The van der Waals surface area contributed by atoms with Gasteiger partial charge in [-0.1, -0.05) is 30.3 Å². The first kappa shape index (κ1) is 10.2.